The van der Waals surface area contributed by atoms with Gasteiger partial charge in [-0.1, -0.05) is 13.8 Å². The lowest BCUT2D eigenvalue weighted by Crippen LogP contribution is -2.62. The summed E-state index contributed by atoms with van der Waals surface area (Å²) in [6.45, 7) is 2.32. The molecule has 0 spiro atoms. The predicted molar refractivity (Wildman–Crippen MR) is 231 cm³/mol. The van der Waals surface area contributed by atoms with Crippen molar-refractivity contribution in [2.24, 2.45) is 28.1 Å². The summed E-state index contributed by atoms with van der Waals surface area (Å²) >= 11 is 0. The topological polar surface area (TPSA) is 487 Å². The molecule has 0 unspecified atom stereocenters. The number of aliphatic carboxylic acids is 2. The number of hydrogen-bond acceptors (Lipinski definition) is 16. The van der Waals surface area contributed by atoms with E-state index in [4.69, 9.17) is 17.2 Å². The first-order valence-corrected chi connectivity index (χ1v) is 20.8. The SMILES string of the molecule is CC(C)C[C@H](NC(=O)[C@H](CC(=O)O)NC(=O)[C@H](CO)NC(=O)[C@H](CO)NC(=O)[C@@H](N)Cc1cnc[nH]1)C(=O)N[C@H](C(=O)N[C@@H](CCCN=C(N)N)C(=O)N[C@@H](Cc1cnc[nH]1)C(=O)O)[C@@H](C)O. The molecule has 2 heterocycles. The van der Waals surface area contributed by atoms with Crippen LogP contribution in [0.15, 0.2) is 30.0 Å². The Labute approximate surface area is 382 Å². The highest BCUT2D eigenvalue weighted by Crippen LogP contribution is 2.10. The number of carboxylic acid groups (broad SMARTS) is 2. The molecule has 29 heteroatoms. The lowest BCUT2D eigenvalue weighted by atomic mass is 10.0. The van der Waals surface area contributed by atoms with Crippen LogP contribution >= 0.6 is 0 Å². The standard InChI is InChI=1S/C38H61N15O14/c1-17(2)7-23(33(62)53-29(18(3)56)36(65)47-22(5-4-6-44-38(40)41)31(60)50-25(37(66)67)9-20-12-43-16-46-20)48-32(61)24(10-28(57)58)49-34(63)27(14-55)52-35(64)26(13-54)51-30(59)21(39)8-19-11-42-15-45-19/h11-12,15-18,21-27,29,54-56H,4-10,13-14,39H2,1-3H3,(H,42,45)(H,43,46)(H,47,65)(H,48,61)(H,49,63)(H,50,60)(H,51,59)(H,52,64)(H,53,62)(H,57,58)(H,66,67)(H4,40,41,44)/t18-,21+,22+,23+,24+,25+,26+,27+,29+/m1/s1. The van der Waals surface area contributed by atoms with E-state index in [1.807, 2.05) is 0 Å². The van der Waals surface area contributed by atoms with Gasteiger partial charge >= 0.3 is 11.9 Å². The molecule has 0 aliphatic carbocycles. The summed E-state index contributed by atoms with van der Waals surface area (Å²) in [6.07, 6.45) is 2.23. The molecule has 0 fully saturated rings. The summed E-state index contributed by atoms with van der Waals surface area (Å²) in [4.78, 5) is 134. The van der Waals surface area contributed by atoms with Crippen LogP contribution in [0.5, 0.6) is 0 Å². The zero-order valence-electron chi connectivity index (χ0n) is 36.9. The zero-order valence-corrected chi connectivity index (χ0v) is 36.9. The van der Waals surface area contributed by atoms with Crippen LogP contribution in [0.3, 0.4) is 0 Å². The molecule has 0 aliphatic rings. The number of nitrogens with two attached hydrogens (primary N) is 3. The Kier molecular flexibility index (Phi) is 23.3. The molecule has 0 radical (unpaired) electrons. The maximum Gasteiger partial charge on any atom is 0.326 e. The van der Waals surface area contributed by atoms with Crippen molar-refractivity contribution in [3.8, 4) is 0 Å². The van der Waals surface area contributed by atoms with Crippen LogP contribution in [-0.4, -0.2) is 179 Å². The van der Waals surface area contributed by atoms with Crippen molar-refractivity contribution in [2.45, 2.75) is 114 Å². The van der Waals surface area contributed by atoms with E-state index in [1.54, 1.807) is 13.8 Å². The second-order valence-corrected chi connectivity index (χ2v) is 15.6. The molecular weight excluding hydrogens is 891 g/mol. The molecule has 2 aromatic rings. The number of imidazole rings is 2. The van der Waals surface area contributed by atoms with Gasteiger partial charge in [-0.15, -0.1) is 0 Å². The fourth-order valence-electron chi connectivity index (χ4n) is 6.08. The van der Waals surface area contributed by atoms with Gasteiger partial charge in [0.05, 0.1) is 44.4 Å². The summed E-state index contributed by atoms with van der Waals surface area (Å²) in [7, 11) is 0. The van der Waals surface area contributed by atoms with Crippen molar-refractivity contribution in [1.82, 2.24) is 57.2 Å². The van der Waals surface area contributed by atoms with Gasteiger partial charge in [-0.05, 0) is 32.1 Å². The maximum absolute atomic E-state index is 13.8. The number of nitrogens with one attached hydrogen (secondary N) is 9. The smallest absolute Gasteiger partial charge is 0.326 e. The number of rotatable bonds is 30. The Morgan fingerprint density at radius 3 is 1.58 bits per heavy atom. The number of H-pyrrole nitrogens is 2. The first-order chi connectivity index (χ1) is 31.6. The summed E-state index contributed by atoms with van der Waals surface area (Å²) in [5.41, 5.74) is 17.5. The molecule has 67 heavy (non-hydrogen) atoms. The van der Waals surface area contributed by atoms with E-state index < -0.39 is 127 Å². The fraction of sp³-hybridized carbons (Fsp3) is 0.579. The molecule has 7 amide bonds. The van der Waals surface area contributed by atoms with Gasteiger partial charge in [-0.2, -0.15) is 0 Å². The van der Waals surface area contributed by atoms with Crippen LogP contribution in [0, 0.1) is 5.92 Å². The van der Waals surface area contributed by atoms with E-state index in [-0.39, 0.29) is 50.5 Å². The minimum atomic E-state index is -1.95. The summed E-state index contributed by atoms with van der Waals surface area (Å²) in [5.74, 6) is -11.4. The van der Waals surface area contributed by atoms with E-state index in [2.05, 4.69) is 62.1 Å². The van der Waals surface area contributed by atoms with Crippen molar-refractivity contribution in [2.75, 3.05) is 19.8 Å². The normalized spacial score (nSPS) is 15.1. The molecule has 0 saturated carbocycles. The highest BCUT2D eigenvalue weighted by Gasteiger charge is 2.36. The van der Waals surface area contributed by atoms with Crippen LogP contribution in [-0.2, 0) is 56.0 Å². The highest BCUT2D eigenvalue weighted by molar-refractivity contribution is 5.98. The van der Waals surface area contributed by atoms with Gasteiger partial charge in [0.25, 0.3) is 0 Å². The molecule has 0 saturated heterocycles. The lowest BCUT2D eigenvalue weighted by Gasteiger charge is -2.28. The lowest BCUT2D eigenvalue weighted by molar-refractivity contribution is -0.143. The molecule has 29 nitrogen and oxygen atoms in total. The van der Waals surface area contributed by atoms with E-state index >= 15 is 0 Å². The number of guanidine groups is 1. The molecule has 20 N–H and O–H groups in total. The van der Waals surface area contributed by atoms with Gasteiger partial charge in [-0.25, -0.2) is 14.8 Å². The second-order valence-electron chi connectivity index (χ2n) is 15.6. The molecule has 0 aliphatic heterocycles. The Morgan fingerprint density at radius 1 is 0.642 bits per heavy atom. The third kappa shape index (κ3) is 19.8. The Hall–Kier alpha value is -7.24. The molecule has 9 atom stereocenters. The number of aliphatic hydroxyl groups excluding tert-OH is 3. The summed E-state index contributed by atoms with van der Waals surface area (Å²) in [6, 6.07) is -13.0. The largest absolute Gasteiger partial charge is 0.481 e. The number of aromatic nitrogens is 4. The number of hydrogen-bond donors (Lipinski definition) is 17. The van der Waals surface area contributed by atoms with Gasteiger partial charge in [0, 0.05) is 43.2 Å². The number of carbonyl (C=O) groups excluding carboxylic acids is 7. The van der Waals surface area contributed by atoms with Crippen molar-refractivity contribution in [3.63, 3.8) is 0 Å². The minimum absolute atomic E-state index is 0.00202. The van der Waals surface area contributed by atoms with Gasteiger partial charge in [-0.3, -0.25) is 43.3 Å². The van der Waals surface area contributed by atoms with E-state index in [1.165, 1.54) is 25.0 Å². The third-order valence-corrected chi connectivity index (χ3v) is 9.55. The van der Waals surface area contributed by atoms with Gasteiger partial charge in [0.15, 0.2) is 5.96 Å². The van der Waals surface area contributed by atoms with Gasteiger partial charge in [0.2, 0.25) is 41.4 Å². The van der Waals surface area contributed by atoms with Crippen LogP contribution < -0.4 is 54.4 Å². The quantitative estimate of drug-likeness (QED) is 0.0196. The summed E-state index contributed by atoms with van der Waals surface area (Å²) in [5, 5.41) is 65.5. The average molecular weight is 952 g/mol. The number of nitrogens with zero attached hydrogens (tertiary/aromatic N) is 3. The highest BCUT2D eigenvalue weighted by atomic mass is 16.4. The Bertz CT molecular complexity index is 1990. The number of aliphatic hydroxyl groups is 3. The Morgan fingerprint density at radius 2 is 1.10 bits per heavy atom. The molecule has 0 bridgehead atoms. The zero-order chi connectivity index (χ0) is 50.4. The number of amides is 7. The second kappa shape index (κ2) is 27.9. The van der Waals surface area contributed by atoms with E-state index in [0.29, 0.717) is 11.4 Å². The number of aliphatic imine (C=N–C) groups is 1. The first-order valence-electron chi connectivity index (χ1n) is 20.8. The average Bonchev–Trinajstić information content (AvgIpc) is 3.98. The van der Waals surface area contributed by atoms with Crippen molar-refractivity contribution in [3.05, 3.63) is 36.4 Å². The third-order valence-electron chi connectivity index (χ3n) is 9.55. The molecule has 372 valence electrons. The first kappa shape index (κ1) is 55.9. The molecule has 2 aromatic heterocycles. The maximum atomic E-state index is 13.8. The van der Waals surface area contributed by atoms with Gasteiger partial charge < -0.3 is 89.9 Å². The summed E-state index contributed by atoms with van der Waals surface area (Å²) < 4.78 is 0. The van der Waals surface area contributed by atoms with Crippen LogP contribution in [0.4, 0.5) is 0 Å². The fourth-order valence-corrected chi connectivity index (χ4v) is 6.08. The van der Waals surface area contributed by atoms with Crippen molar-refractivity contribution >= 4 is 59.2 Å². The number of aromatic amines is 2. The minimum Gasteiger partial charge on any atom is -0.481 e. The Balaban J connectivity index is 2.24. The van der Waals surface area contributed by atoms with Crippen molar-refractivity contribution < 1.29 is 68.7 Å². The predicted octanol–water partition coefficient (Wildman–Crippen LogP) is -7.34. The number of carbonyl (C=O) groups is 9. The van der Waals surface area contributed by atoms with Crippen LogP contribution in [0.2, 0.25) is 0 Å². The van der Waals surface area contributed by atoms with Crippen molar-refractivity contribution in [1.29, 1.82) is 0 Å². The van der Waals surface area contributed by atoms with Crippen LogP contribution in [0.25, 0.3) is 0 Å². The molecule has 2 rings (SSSR count). The van der Waals surface area contributed by atoms with E-state index in [0.717, 1.165) is 6.92 Å². The van der Waals surface area contributed by atoms with E-state index in [9.17, 15) is 68.7 Å². The van der Waals surface area contributed by atoms with Crippen LogP contribution in [0.1, 0.15) is 57.8 Å². The molecule has 0 aromatic carbocycles. The molecular formula is C38H61N15O14. The number of carboxylic acids is 2. The monoisotopic (exact) mass is 951 g/mol. The van der Waals surface area contributed by atoms with Gasteiger partial charge in [0.1, 0.15) is 42.3 Å².